The maximum Gasteiger partial charge on any atom is 0.315 e. The lowest BCUT2D eigenvalue weighted by Crippen LogP contribution is -2.29. The van der Waals surface area contributed by atoms with E-state index in [9.17, 15) is 14.7 Å². The Labute approximate surface area is 145 Å². The molecule has 2 aromatic rings. The van der Waals surface area contributed by atoms with E-state index in [0.717, 1.165) is 11.1 Å². The van der Waals surface area contributed by atoms with Crippen molar-refractivity contribution in [2.45, 2.75) is 26.3 Å². The summed E-state index contributed by atoms with van der Waals surface area (Å²) in [6, 6.07) is 7.36. The summed E-state index contributed by atoms with van der Waals surface area (Å²) < 4.78 is 1.50. The van der Waals surface area contributed by atoms with Crippen molar-refractivity contribution < 1.29 is 9.90 Å². The van der Waals surface area contributed by atoms with Gasteiger partial charge in [0, 0.05) is 6.07 Å². The minimum atomic E-state index is -0.922. The highest BCUT2D eigenvalue weighted by Gasteiger charge is 2.62. The zero-order valence-electron chi connectivity index (χ0n) is 14.1. The summed E-state index contributed by atoms with van der Waals surface area (Å²) in [4.78, 5) is 28.4. The minimum Gasteiger partial charge on any atom is -0.481 e. The number of aryl methyl sites for hydroxylation is 2. The highest BCUT2D eigenvalue weighted by molar-refractivity contribution is 5.84. The summed E-state index contributed by atoms with van der Waals surface area (Å²) in [7, 11) is 0. The van der Waals surface area contributed by atoms with Gasteiger partial charge in [-0.2, -0.15) is 0 Å². The van der Waals surface area contributed by atoms with Gasteiger partial charge in [-0.05, 0) is 43.5 Å². The molecule has 0 saturated heterocycles. The first kappa shape index (κ1) is 15.6. The molecule has 1 aromatic heterocycles. The molecule has 1 saturated carbocycles. The second-order valence-electron chi connectivity index (χ2n) is 6.84. The van der Waals surface area contributed by atoms with Crippen LogP contribution < -0.4 is 5.56 Å². The van der Waals surface area contributed by atoms with Crippen LogP contribution in [0, 0.1) is 19.3 Å². The highest BCUT2D eigenvalue weighted by atomic mass is 16.4. The van der Waals surface area contributed by atoms with Crippen LogP contribution >= 0.6 is 0 Å². The third-order valence-corrected chi connectivity index (χ3v) is 5.07. The summed E-state index contributed by atoms with van der Waals surface area (Å²) in [5.41, 5.74) is 2.86. The fourth-order valence-corrected chi connectivity index (χ4v) is 3.44. The Bertz CT molecular complexity index is 1020. The summed E-state index contributed by atoms with van der Waals surface area (Å²) in [6.45, 7) is 4.07. The van der Waals surface area contributed by atoms with Gasteiger partial charge in [0.15, 0.2) is 0 Å². The lowest BCUT2D eigenvalue weighted by Gasteiger charge is -2.17. The molecule has 0 radical (unpaired) electrons. The third-order valence-electron chi connectivity index (χ3n) is 5.07. The lowest BCUT2D eigenvalue weighted by atomic mass is 10.0. The molecule has 1 N–H and O–H groups in total. The first-order chi connectivity index (χ1) is 11.9. The van der Waals surface area contributed by atoms with Crippen LogP contribution in [0.2, 0.25) is 0 Å². The molecule has 1 aliphatic carbocycles. The Morgan fingerprint density at radius 1 is 1.32 bits per heavy atom. The van der Waals surface area contributed by atoms with Crippen LogP contribution in [0.4, 0.5) is 0 Å². The summed E-state index contributed by atoms with van der Waals surface area (Å²) in [5.74, 6) is -0.363. The van der Waals surface area contributed by atoms with E-state index in [2.05, 4.69) is 23.2 Å². The van der Waals surface area contributed by atoms with Crippen LogP contribution in [0.3, 0.4) is 0 Å². The number of carboxylic acid groups (broad SMARTS) is 1. The van der Waals surface area contributed by atoms with Crippen LogP contribution in [-0.4, -0.2) is 20.6 Å². The van der Waals surface area contributed by atoms with Crippen LogP contribution in [0.5, 0.6) is 0 Å². The molecule has 1 aliphatic heterocycles. The second-order valence-corrected chi connectivity index (χ2v) is 6.84. The van der Waals surface area contributed by atoms with Crippen molar-refractivity contribution in [2.75, 3.05) is 0 Å². The van der Waals surface area contributed by atoms with Gasteiger partial charge in [-0.25, -0.2) is 4.98 Å². The Kier molecular flexibility index (Phi) is 3.29. The van der Waals surface area contributed by atoms with E-state index in [1.165, 1.54) is 16.2 Å². The van der Waals surface area contributed by atoms with Gasteiger partial charge in [0.2, 0.25) is 0 Å². The van der Waals surface area contributed by atoms with Gasteiger partial charge >= 0.3 is 5.97 Å². The van der Waals surface area contributed by atoms with Crippen LogP contribution in [0.25, 0.3) is 18.2 Å². The molecule has 2 aliphatic rings. The van der Waals surface area contributed by atoms with Gasteiger partial charge in [0.1, 0.15) is 11.2 Å². The van der Waals surface area contributed by atoms with Gasteiger partial charge in [0.05, 0.1) is 11.7 Å². The van der Waals surface area contributed by atoms with Gasteiger partial charge < -0.3 is 5.11 Å². The van der Waals surface area contributed by atoms with Gasteiger partial charge in [-0.3, -0.25) is 14.2 Å². The molecular formula is C20H18N2O3. The van der Waals surface area contributed by atoms with Crippen molar-refractivity contribution in [1.82, 2.24) is 9.55 Å². The molecule has 2 heterocycles. The van der Waals surface area contributed by atoms with E-state index < -0.39 is 11.4 Å². The number of carboxylic acids is 1. The number of fused-ring (bicyclic) bond motifs is 3. The first-order valence-corrected chi connectivity index (χ1v) is 8.22. The number of aromatic nitrogens is 2. The molecule has 1 aromatic carbocycles. The molecule has 5 nitrogen and oxygen atoms in total. The minimum absolute atomic E-state index is 0.205. The molecule has 0 amide bonds. The van der Waals surface area contributed by atoms with Crippen molar-refractivity contribution in [3.8, 4) is 0 Å². The number of nitrogens with zero attached hydrogens (tertiary/aromatic N) is 2. The van der Waals surface area contributed by atoms with Crippen molar-refractivity contribution in [2.24, 2.45) is 5.41 Å². The summed E-state index contributed by atoms with van der Waals surface area (Å²) in [6.07, 6.45) is 7.54. The second kappa shape index (κ2) is 5.28. The fraction of sp³-hybridized carbons (Fsp3) is 0.250. The van der Waals surface area contributed by atoms with Crippen molar-refractivity contribution in [1.29, 1.82) is 0 Å². The lowest BCUT2D eigenvalue weighted by molar-refractivity contribution is -0.141. The monoisotopic (exact) mass is 334 g/mol. The quantitative estimate of drug-likeness (QED) is 0.936. The van der Waals surface area contributed by atoms with Crippen LogP contribution in [0.15, 0.2) is 35.1 Å². The summed E-state index contributed by atoms with van der Waals surface area (Å²) >= 11 is 0. The molecule has 4 rings (SSSR count). The molecule has 5 heteroatoms. The van der Waals surface area contributed by atoms with Crippen LogP contribution in [-0.2, 0) is 4.79 Å². The Morgan fingerprint density at radius 3 is 2.88 bits per heavy atom. The van der Waals surface area contributed by atoms with Gasteiger partial charge in [0.25, 0.3) is 5.56 Å². The molecule has 25 heavy (non-hydrogen) atoms. The number of aliphatic carboxylic acids is 1. The van der Waals surface area contributed by atoms with Crippen molar-refractivity contribution >= 4 is 24.2 Å². The first-order valence-electron chi connectivity index (χ1n) is 8.22. The van der Waals surface area contributed by atoms with E-state index in [4.69, 9.17) is 0 Å². The Morgan fingerprint density at radius 2 is 2.12 bits per heavy atom. The average molecular weight is 334 g/mol. The SMILES string of the molecule is Cc1ccc(C)c(/C=C/c2cc(=O)n3c(n2)C=CC2(C(=O)O)CC32)c1. The molecule has 2 unspecified atom stereocenters. The Balaban J connectivity index is 1.70. The predicted molar refractivity (Wildman–Crippen MR) is 96.1 cm³/mol. The number of carbonyl (C=O) groups is 1. The molecule has 126 valence electrons. The van der Waals surface area contributed by atoms with Gasteiger partial charge in [-0.1, -0.05) is 35.9 Å². The molecule has 1 fully saturated rings. The van der Waals surface area contributed by atoms with E-state index in [1.54, 1.807) is 12.2 Å². The smallest absolute Gasteiger partial charge is 0.315 e. The normalized spacial score (nSPS) is 23.4. The molecule has 0 spiro atoms. The largest absolute Gasteiger partial charge is 0.481 e. The molecule has 0 bridgehead atoms. The van der Waals surface area contributed by atoms with Gasteiger partial charge in [-0.15, -0.1) is 0 Å². The van der Waals surface area contributed by atoms with E-state index in [1.807, 2.05) is 26.0 Å². The molecule has 2 atom stereocenters. The topological polar surface area (TPSA) is 72.2 Å². The zero-order chi connectivity index (χ0) is 17.8. The van der Waals surface area contributed by atoms with Crippen molar-refractivity contribution in [3.05, 3.63) is 68.9 Å². The maximum absolute atomic E-state index is 12.5. The Hall–Kier alpha value is -2.95. The number of hydrogen-bond donors (Lipinski definition) is 1. The highest BCUT2D eigenvalue weighted by Crippen LogP contribution is 2.59. The molecular weight excluding hydrogens is 316 g/mol. The number of hydrogen-bond acceptors (Lipinski definition) is 3. The predicted octanol–water partition coefficient (Wildman–Crippen LogP) is 3.07. The summed E-state index contributed by atoms with van der Waals surface area (Å²) in [5, 5.41) is 9.37. The standard InChI is InChI=1S/C20H18N2O3/c1-12-3-4-13(2)14(9-12)5-6-15-10-18(23)22-16-11-20(16,19(24)25)8-7-17(22)21-15/h3-10,16H,11H2,1-2H3,(H,24,25)/b6-5+. The van der Waals surface area contributed by atoms with E-state index in [0.29, 0.717) is 17.9 Å². The number of rotatable bonds is 3. The van der Waals surface area contributed by atoms with Crippen molar-refractivity contribution in [3.63, 3.8) is 0 Å². The third kappa shape index (κ3) is 2.43. The zero-order valence-corrected chi connectivity index (χ0v) is 14.1. The number of benzene rings is 1. The van der Waals surface area contributed by atoms with E-state index >= 15 is 0 Å². The average Bonchev–Trinajstić information content (AvgIpc) is 3.31. The maximum atomic E-state index is 12.5. The fourth-order valence-electron chi connectivity index (χ4n) is 3.44. The van der Waals surface area contributed by atoms with E-state index in [-0.39, 0.29) is 11.6 Å². The van der Waals surface area contributed by atoms with Crippen LogP contribution in [0.1, 0.15) is 40.7 Å².